The van der Waals surface area contributed by atoms with Crippen LogP contribution in [0.5, 0.6) is 0 Å². The summed E-state index contributed by atoms with van der Waals surface area (Å²) in [5.41, 5.74) is 11.1. The normalized spacial score (nSPS) is 13.8. The van der Waals surface area contributed by atoms with Crippen LogP contribution in [0, 0.1) is 5.92 Å². The molecule has 6 nitrogen and oxygen atoms in total. The van der Waals surface area contributed by atoms with Gasteiger partial charge in [0.1, 0.15) is 6.04 Å². The van der Waals surface area contributed by atoms with E-state index >= 15 is 0 Å². The van der Waals surface area contributed by atoms with Gasteiger partial charge in [0.05, 0.1) is 12.5 Å². The molecular weight excluding hydrogens is 260 g/mol. The number of carbonyl (C=O) groups is 2. The Balaban J connectivity index is 3.96. The third-order valence-electron chi connectivity index (χ3n) is 3.27. The van der Waals surface area contributed by atoms with Crippen molar-refractivity contribution < 1.29 is 19.4 Å². The molecule has 0 fully saturated rings. The van der Waals surface area contributed by atoms with Crippen molar-refractivity contribution in [3.05, 3.63) is 0 Å². The van der Waals surface area contributed by atoms with Gasteiger partial charge in [0, 0.05) is 0 Å². The maximum atomic E-state index is 11.4. The van der Waals surface area contributed by atoms with Crippen molar-refractivity contribution in [2.24, 2.45) is 17.4 Å². The number of hydrogen-bond donors (Lipinski definition) is 3. The molecule has 118 valence electrons. The number of esters is 1. The molecule has 0 saturated carbocycles. The first-order chi connectivity index (χ1) is 9.52. The average molecular weight is 288 g/mol. The Hall–Kier alpha value is -1.14. The summed E-state index contributed by atoms with van der Waals surface area (Å²) in [5.74, 6) is -1.71. The van der Waals surface area contributed by atoms with E-state index in [9.17, 15) is 9.59 Å². The van der Waals surface area contributed by atoms with Crippen LogP contribution in [-0.4, -0.2) is 36.2 Å². The predicted molar refractivity (Wildman–Crippen MR) is 77.1 cm³/mol. The highest BCUT2D eigenvalue weighted by atomic mass is 16.5. The molecule has 0 aromatic carbocycles. The first-order valence-corrected chi connectivity index (χ1v) is 7.38. The van der Waals surface area contributed by atoms with E-state index in [0.717, 1.165) is 25.7 Å². The minimum atomic E-state index is -0.820. The fourth-order valence-electron chi connectivity index (χ4n) is 2.03. The summed E-state index contributed by atoms with van der Waals surface area (Å²) < 4.78 is 4.80. The summed E-state index contributed by atoms with van der Waals surface area (Å²) in [6, 6.07) is -0.728. The van der Waals surface area contributed by atoms with Crippen LogP contribution < -0.4 is 11.5 Å². The molecule has 0 aromatic heterocycles. The number of unbranched alkanes of at least 4 members (excludes halogenated alkanes) is 3. The molecule has 6 heteroatoms. The van der Waals surface area contributed by atoms with Crippen LogP contribution in [0.2, 0.25) is 0 Å². The third-order valence-corrected chi connectivity index (χ3v) is 3.27. The first kappa shape index (κ1) is 18.9. The second-order valence-corrected chi connectivity index (χ2v) is 4.96. The Morgan fingerprint density at radius 2 is 1.75 bits per heavy atom. The van der Waals surface area contributed by atoms with Gasteiger partial charge in [-0.15, -0.1) is 0 Å². The van der Waals surface area contributed by atoms with Crippen LogP contribution in [0.3, 0.4) is 0 Å². The van der Waals surface area contributed by atoms with Gasteiger partial charge >= 0.3 is 11.9 Å². The van der Waals surface area contributed by atoms with Crippen molar-refractivity contribution in [1.82, 2.24) is 0 Å². The van der Waals surface area contributed by atoms with Gasteiger partial charge < -0.3 is 21.3 Å². The van der Waals surface area contributed by atoms with E-state index in [1.165, 1.54) is 0 Å². The van der Waals surface area contributed by atoms with Crippen molar-refractivity contribution in [2.45, 2.75) is 57.9 Å². The van der Waals surface area contributed by atoms with E-state index in [1.807, 2.05) is 0 Å². The second-order valence-electron chi connectivity index (χ2n) is 4.96. The fraction of sp³-hybridized carbons (Fsp3) is 0.857. The number of hydrogen-bond acceptors (Lipinski definition) is 5. The van der Waals surface area contributed by atoms with Crippen molar-refractivity contribution in [3.8, 4) is 0 Å². The molecule has 5 N–H and O–H groups in total. The lowest BCUT2D eigenvalue weighted by molar-refractivity contribution is -0.146. The first-order valence-electron chi connectivity index (χ1n) is 7.38. The van der Waals surface area contributed by atoms with E-state index in [0.29, 0.717) is 25.8 Å². The molecule has 2 atom stereocenters. The quantitative estimate of drug-likeness (QED) is 0.368. The molecule has 0 aliphatic carbocycles. The SMILES string of the molecule is CCOC(=O)C(N)CC[C@H](CCCCCCN)C(=O)O. The summed E-state index contributed by atoms with van der Waals surface area (Å²) >= 11 is 0. The minimum Gasteiger partial charge on any atom is -0.481 e. The van der Waals surface area contributed by atoms with Crippen molar-refractivity contribution >= 4 is 11.9 Å². The lowest BCUT2D eigenvalue weighted by Gasteiger charge is -2.15. The monoisotopic (exact) mass is 288 g/mol. The number of aliphatic carboxylic acids is 1. The fourth-order valence-corrected chi connectivity index (χ4v) is 2.03. The summed E-state index contributed by atoms with van der Waals surface area (Å²) in [5, 5.41) is 9.15. The standard InChI is InChI=1S/C14H28N2O4/c1-2-20-14(19)12(16)9-8-11(13(17)18)7-5-3-4-6-10-15/h11-12H,2-10,15-16H2,1H3,(H,17,18)/t11-,12?/m0/s1. The molecular formula is C14H28N2O4. The molecule has 0 aromatic rings. The molecule has 0 spiro atoms. The van der Waals surface area contributed by atoms with Crippen LogP contribution in [0.15, 0.2) is 0 Å². The van der Waals surface area contributed by atoms with Crippen molar-refractivity contribution in [3.63, 3.8) is 0 Å². The molecule has 0 aliphatic rings. The minimum absolute atomic E-state index is 0.288. The summed E-state index contributed by atoms with van der Waals surface area (Å²) in [7, 11) is 0. The molecule has 0 bridgehead atoms. The van der Waals surface area contributed by atoms with Gasteiger partial charge in [-0.2, -0.15) is 0 Å². The Morgan fingerprint density at radius 3 is 2.30 bits per heavy atom. The lowest BCUT2D eigenvalue weighted by Crippen LogP contribution is -2.33. The molecule has 0 heterocycles. The summed E-state index contributed by atoms with van der Waals surface area (Å²) in [4.78, 5) is 22.5. The largest absolute Gasteiger partial charge is 0.481 e. The summed E-state index contributed by atoms with van der Waals surface area (Å²) in [6.45, 7) is 2.68. The highest BCUT2D eigenvalue weighted by molar-refractivity contribution is 5.75. The zero-order valence-corrected chi connectivity index (χ0v) is 12.3. The Morgan fingerprint density at radius 1 is 1.10 bits per heavy atom. The topological polar surface area (TPSA) is 116 Å². The highest BCUT2D eigenvalue weighted by Gasteiger charge is 2.21. The van der Waals surface area contributed by atoms with Gasteiger partial charge in [0.15, 0.2) is 0 Å². The van der Waals surface area contributed by atoms with Gasteiger partial charge in [-0.05, 0) is 39.2 Å². The smallest absolute Gasteiger partial charge is 0.322 e. The number of carbonyl (C=O) groups excluding carboxylic acids is 1. The van der Waals surface area contributed by atoms with Crippen LogP contribution in [0.4, 0.5) is 0 Å². The van der Waals surface area contributed by atoms with Gasteiger partial charge in [-0.3, -0.25) is 9.59 Å². The molecule has 1 unspecified atom stereocenters. The zero-order chi connectivity index (χ0) is 15.4. The highest BCUT2D eigenvalue weighted by Crippen LogP contribution is 2.17. The molecule has 0 radical (unpaired) electrons. The maximum Gasteiger partial charge on any atom is 0.322 e. The maximum absolute atomic E-state index is 11.4. The molecule has 20 heavy (non-hydrogen) atoms. The van der Waals surface area contributed by atoms with E-state index in [1.54, 1.807) is 6.92 Å². The van der Waals surface area contributed by atoms with E-state index in [2.05, 4.69) is 0 Å². The number of ether oxygens (including phenoxy) is 1. The van der Waals surface area contributed by atoms with E-state index in [4.69, 9.17) is 21.3 Å². The van der Waals surface area contributed by atoms with E-state index < -0.39 is 23.9 Å². The Kier molecular flexibility index (Phi) is 11.0. The van der Waals surface area contributed by atoms with Crippen molar-refractivity contribution in [2.75, 3.05) is 13.2 Å². The third kappa shape index (κ3) is 8.87. The predicted octanol–water partition coefficient (Wildman–Crippen LogP) is 1.27. The lowest BCUT2D eigenvalue weighted by atomic mass is 9.94. The number of rotatable bonds is 12. The van der Waals surface area contributed by atoms with Gasteiger partial charge in [0.25, 0.3) is 0 Å². The Labute approximate surface area is 120 Å². The summed E-state index contributed by atoms with van der Waals surface area (Å²) in [6.07, 6.45) is 5.24. The van der Waals surface area contributed by atoms with Gasteiger partial charge in [-0.25, -0.2) is 0 Å². The van der Waals surface area contributed by atoms with Crippen molar-refractivity contribution in [1.29, 1.82) is 0 Å². The number of nitrogens with two attached hydrogens (primary N) is 2. The Bertz CT molecular complexity index is 284. The van der Waals surface area contributed by atoms with Crippen LogP contribution in [0.1, 0.15) is 51.9 Å². The van der Waals surface area contributed by atoms with Gasteiger partial charge in [0.2, 0.25) is 0 Å². The molecule has 0 aliphatic heterocycles. The average Bonchev–Trinajstić information content (AvgIpc) is 2.41. The number of carboxylic acids is 1. The number of carboxylic acid groups (broad SMARTS) is 1. The van der Waals surface area contributed by atoms with E-state index in [-0.39, 0.29) is 6.61 Å². The van der Waals surface area contributed by atoms with Crippen LogP contribution in [0.25, 0.3) is 0 Å². The molecule has 0 rings (SSSR count). The molecule has 0 saturated heterocycles. The second kappa shape index (κ2) is 11.7. The zero-order valence-electron chi connectivity index (χ0n) is 12.3. The van der Waals surface area contributed by atoms with Crippen LogP contribution >= 0.6 is 0 Å². The molecule has 0 amide bonds. The van der Waals surface area contributed by atoms with Gasteiger partial charge in [-0.1, -0.05) is 19.3 Å². The van der Waals surface area contributed by atoms with Crippen LogP contribution in [-0.2, 0) is 14.3 Å².